The normalized spacial score (nSPS) is 12.4. The predicted octanol–water partition coefficient (Wildman–Crippen LogP) is 3.22. The number of ether oxygens (including phenoxy) is 1. The molecule has 2 rings (SSSR count). The van der Waals surface area contributed by atoms with E-state index in [0.717, 1.165) is 15.1 Å². The molecule has 1 atom stereocenters. The Morgan fingerprint density at radius 1 is 1.41 bits per heavy atom. The summed E-state index contributed by atoms with van der Waals surface area (Å²) in [5.41, 5.74) is 1.10. The Labute approximate surface area is 113 Å². The van der Waals surface area contributed by atoms with Gasteiger partial charge in [0.15, 0.2) is 0 Å². The summed E-state index contributed by atoms with van der Waals surface area (Å²) in [6, 6.07) is 6.31. The Hall–Kier alpha value is -0.910. The molecule has 0 bridgehead atoms. The molecule has 0 aliphatic rings. The van der Waals surface area contributed by atoms with Gasteiger partial charge in [0, 0.05) is 11.1 Å². The topological polar surface area (TPSA) is 34.2 Å². The Balaban J connectivity index is 2.34. The van der Waals surface area contributed by atoms with Crippen LogP contribution in [0.3, 0.4) is 0 Å². The van der Waals surface area contributed by atoms with Crippen molar-refractivity contribution >= 4 is 27.3 Å². The first-order valence-corrected chi connectivity index (χ1v) is 6.77. The predicted molar refractivity (Wildman–Crippen MR) is 73.7 cm³/mol. The summed E-state index contributed by atoms with van der Waals surface area (Å²) in [6.07, 6.45) is 3.57. The van der Waals surface area contributed by atoms with Gasteiger partial charge in [0.1, 0.15) is 5.75 Å². The van der Waals surface area contributed by atoms with E-state index in [4.69, 9.17) is 4.74 Å². The third-order valence-electron chi connectivity index (χ3n) is 2.47. The largest absolute Gasteiger partial charge is 0.495 e. The van der Waals surface area contributed by atoms with E-state index in [2.05, 4.69) is 38.4 Å². The van der Waals surface area contributed by atoms with Gasteiger partial charge in [0.25, 0.3) is 0 Å². The van der Waals surface area contributed by atoms with Crippen molar-refractivity contribution in [1.29, 1.82) is 0 Å². The highest BCUT2D eigenvalue weighted by atomic mass is 79.9. The highest BCUT2D eigenvalue weighted by Crippen LogP contribution is 2.31. The number of aromatic nitrogens is 1. The van der Waals surface area contributed by atoms with Gasteiger partial charge in [-0.2, -0.15) is 0 Å². The average molecular weight is 313 g/mol. The Kier molecular flexibility index (Phi) is 4.15. The second-order valence-corrected chi connectivity index (χ2v) is 6.02. The standard InChI is InChI=1S/C12H13BrN2OS/c1-14-12(10-3-4-11(13)17-10)8-5-9(16-2)7-15-6-8/h3-7,12,14H,1-2H3. The van der Waals surface area contributed by atoms with Crippen LogP contribution in [0.2, 0.25) is 0 Å². The van der Waals surface area contributed by atoms with Gasteiger partial charge < -0.3 is 10.1 Å². The first-order valence-electron chi connectivity index (χ1n) is 5.16. The van der Waals surface area contributed by atoms with Gasteiger partial charge in [-0.1, -0.05) is 0 Å². The zero-order valence-electron chi connectivity index (χ0n) is 9.61. The van der Waals surface area contributed by atoms with Crippen LogP contribution in [-0.4, -0.2) is 19.1 Å². The molecule has 1 unspecified atom stereocenters. The third kappa shape index (κ3) is 2.86. The maximum Gasteiger partial charge on any atom is 0.137 e. The van der Waals surface area contributed by atoms with Crippen LogP contribution in [0.4, 0.5) is 0 Å². The number of hydrogen-bond acceptors (Lipinski definition) is 4. The molecule has 0 amide bonds. The molecule has 17 heavy (non-hydrogen) atoms. The fraction of sp³-hybridized carbons (Fsp3) is 0.250. The van der Waals surface area contributed by atoms with E-state index < -0.39 is 0 Å². The number of halogens is 1. The van der Waals surface area contributed by atoms with Gasteiger partial charge in [-0.3, -0.25) is 4.98 Å². The minimum Gasteiger partial charge on any atom is -0.495 e. The molecule has 90 valence electrons. The molecule has 0 aliphatic heterocycles. The number of hydrogen-bond donors (Lipinski definition) is 1. The van der Waals surface area contributed by atoms with Crippen molar-refractivity contribution in [3.8, 4) is 5.75 Å². The van der Waals surface area contributed by atoms with Crippen molar-refractivity contribution in [2.45, 2.75) is 6.04 Å². The molecule has 0 radical (unpaired) electrons. The van der Waals surface area contributed by atoms with Crippen molar-refractivity contribution in [3.05, 3.63) is 44.8 Å². The summed E-state index contributed by atoms with van der Waals surface area (Å²) in [4.78, 5) is 5.43. The number of pyridine rings is 1. The van der Waals surface area contributed by atoms with E-state index in [9.17, 15) is 0 Å². The third-order valence-corrected chi connectivity index (χ3v) is 4.16. The molecule has 0 aromatic carbocycles. The number of thiophene rings is 1. The highest BCUT2D eigenvalue weighted by Gasteiger charge is 2.14. The van der Waals surface area contributed by atoms with Crippen LogP contribution < -0.4 is 10.1 Å². The first-order chi connectivity index (χ1) is 8.24. The number of rotatable bonds is 4. The summed E-state index contributed by atoms with van der Waals surface area (Å²) in [5, 5.41) is 3.29. The lowest BCUT2D eigenvalue weighted by Gasteiger charge is -2.15. The highest BCUT2D eigenvalue weighted by molar-refractivity contribution is 9.11. The van der Waals surface area contributed by atoms with E-state index in [1.54, 1.807) is 24.6 Å². The molecule has 0 saturated heterocycles. The lowest BCUT2D eigenvalue weighted by Crippen LogP contribution is -2.16. The van der Waals surface area contributed by atoms with E-state index >= 15 is 0 Å². The molecule has 3 nitrogen and oxygen atoms in total. The van der Waals surface area contributed by atoms with Gasteiger partial charge in [-0.15, -0.1) is 11.3 Å². The summed E-state index contributed by atoms with van der Waals surface area (Å²) < 4.78 is 6.32. The Morgan fingerprint density at radius 2 is 2.24 bits per heavy atom. The molecule has 5 heteroatoms. The second kappa shape index (κ2) is 5.62. The second-order valence-electron chi connectivity index (χ2n) is 3.52. The maximum absolute atomic E-state index is 5.19. The number of nitrogens with one attached hydrogen (secondary N) is 1. The van der Waals surface area contributed by atoms with Crippen molar-refractivity contribution in [2.75, 3.05) is 14.2 Å². The van der Waals surface area contributed by atoms with Crippen LogP contribution >= 0.6 is 27.3 Å². The smallest absolute Gasteiger partial charge is 0.137 e. The summed E-state index contributed by atoms with van der Waals surface area (Å²) in [5.74, 6) is 0.776. The summed E-state index contributed by atoms with van der Waals surface area (Å²) in [6.45, 7) is 0. The van der Waals surface area contributed by atoms with Crippen LogP contribution in [0.15, 0.2) is 34.4 Å². The molecule has 2 aromatic rings. The molecular weight excluding hydrogens is 300 g/mol. The monoisotopic (exact) mass is 312 g/mol. The lowest BCUT2D eigenvalue weighted by molar-refractivity contribution is 0.411. The average Bonchev–Trinajstić information content (AvgIpc) is 2.77. The van der Waals surface area contributed by atoms with Crippen molar-refractivity contribution in [3.63, 3.8) is 0 Å². The van der Waals surface area contributed by atoms with E-state index in [0.29, 0.717) is 0 Å². The van der Waals surface area contributed by atoms with Crippen molar-refractivity contribution in [1.82, 2.24) is 10.3 Å². The quantitative estimate of drug-likeness (QED) is 0.941. The van der Waals surface area contributed by atoms with Crippen LogP contribution in [0.25, 0.3) is 0 Å². The Bertz CT molecular complexity index is 501. The molecule has 0 spiro atoms. The molecule has 2 aromatic heterocycles. The fourth-order valence-electron chi connectivity index (χ4n) is 1.66. The van der Waals surface area contributed by atoms with Crippen LogP contribution in [-0.2, 0) is 0 Å². The molecule has 2 heterocycles. The minimum atomic E-state index is 0.147. The zero-order chi connectivity index (χ0) is 12.3. The zero-order valence-corrected chi connectivity index (χ0v) is 12.0. The minimum absolute atomic E-state index is 0.147. The molecule has 0 fully saturated rings. The lowest BCUT2D eigenvalue weighted by atomic mass is 10.1. The van der Waals surface area contributed by atoms with E-state index in [1.807, 2.05) is 19.3 Å². The van der Waals surface area contributed by atoms with Gasteiger partial charge in [-0.25, -0.2) is 0 Å². The van der Waals surface area contributed by atoms with Gasteiger partial charge >= 0.3 is 0 Å². The van der Waals surface area contributed by atoms with Crippen LogP contribution in [0, 0.1) is 0 Å². The maximum atomic E-state index is 5.19. The summed E-state index contributed by atoms with van der Waals surface area (Å²) >= 11 is 5.20. The van der Waals surface area contributed by atoms with Crippen molar-refractivity contribution < 1.29 is 4.74 Å². The number of nitrogens with zero attached hydrogens (tertiary/aromatic N) is 1. The first kappa shape index (κ1) is 12.5. The molecule has 1 N–H and O–H groups in total. The molecular formula is C12H13BrN2OS. The van der Waals surface area contributed by atoms with E-state index in [1.165, 1.54) is 4.88 Å². The Morgan fingerprint density at radius 3 is 2.82 bits per heavy atom. The van der Waals surface area contributed by atoms with Crippen molar-refractivity contribution in [2.24, 2.45) is 0 Å². The summed E-state index contributed by atoms with van der Waals surface area (Å²) in [7, 11) is 3.59. The fourth-order valence-corrected chi connectivity index (χ4v) is 3.22. The molecule has 0 aliphatic carbocycles. The van der Waals surface area contributed by atoms with Gasteiger partial charge in [0.2, 0.25) is 0 Å². The van der Waals surface area contributed by atoms with Gasteiger partial charge in [0.05, 0.1) is 23.1 Å². The SMILES string of the molecule is CNC(c1cncc(OC)c1)c1ccc(Br)s1. The van der Waals surface area contributed by atoms with Crippen LogP contribution in [0.1, 0.15) is 16.5 Å². The van der Waals surface area contributed by atoms with E-state index in [-0.39, 0.29) is 6.04 Å². The van der Waals surface area contributed by atoms with Gasteiger partial charge in [-0.05, 0) is 46.7 Å². The van der Waals surface area contributed by atoms with Crippen LogP contribution in [0.5, 0.6) is 5.75 Å². The number of methoxy groups -OCH3 is 1. The molecule has 0 saturated carbocycles.